The first-order valence-electron chi connectivity index (χ1n) is 3.09. The Morgan fingerprint density at radius 3 is 3.10 bits per heavy atom. The van der Waals surface area contributed by atoms with Crippen LogP contribution in [0.2, 0.25) is 5.02 Å². The van der Waals surface area contributed by atoms with Gasteiger partial charge in [0, 0.05) is 22.1 Å². The van der Waals surface area contributed by atoms with Crippen molar-refractivity contribution >= 4 is 22.5 Å². The summed E-state index contributed by atoms with van der Waals surface area (Å²) < 4.78 is 0. The molecule has 0 aliphatic rings. The maximum Gasteiger partial charge on any atom is 0.0499 e. The average Bonchev–Trinajstić information content (AvgIpc) is 2.36. The van der Waals surface area contributed by atoms with Crippen molar-refractivity contribution in [2.24, 2.45) is 0 Å². The topological polar surface area (TPSA) is 15.8 Å². The fraction of sp³-hybridized carbons (Fsp3) is 0. The van der Waals surface area contributed by atoms with Crippen LogP contribution in [0.5, 0.6) is 0 Å². The van der Waals surface area contributed by atoms with E-state index in [0.29, 0.717) is 0 Å². The summed E-state index contributed by atoms with van der Waals surface area (Å²) in [6, 6.07) is 7.79. The van der Waals surface area contributed by atoms with E-state index in [9.17, 15) is 0 Å². The lowest BCUT2D eigenvalue weighted by atomic mass is 10.3. The summed E-state index contributed by atoms with van der Waals surface area (Å²) in [6.45, 7) is 0. The quantitative estimate of drug-likeness (QED) is 0.599. The lowest BCUT2D eigenvalue weighted by Crippen LogP contribution is -1.66. The molecule has 1 aromatic carbocycles. The molecule has 0 fully saturated rings. The van der Waals surface area contributed by atoms with E-state index in [1.165, 1.54) is 0 Å². The third-order valence-electron chi connectivity index (χ3n) is 1.54. The van der Waals surface area contributed by atoms with Gasteiger partial charge >= 0.3 is 0 Å². The van der Waals surface area contributed by atoms with E-state index in [1.54, 1.807) is 0 Å². The fourth-order valence-corrected chi connectivity index (χ4v) is 1.28. The molecular formula is C8H6ClN. The monoisotopic (exact) mass is 153 g/mol. The van der Waals surface area contributed by atoms with Gasteiger partial charge in [-0.2, -0.15) is 0 Å². The predicted molar refractivity (Wildman–Crippen MR) is 43.3 cm³/mol. The summed E-state index contributed by atoms with van der Waals surface area (Å²) in [4.78, 5) is 3.08. The molecule has 10 heavy (non-hydrogen) atoms. The standard InChI is InChI=1S/C8H6ClN/c9-7-2-1-3-8-6(7)4-5-10-8/h1-5,10H/i5+2. The van der Waals surface area contributed by atoms with E-state index in [1.807, 2.05) is 30.5 Å². The van der Waals surface area contributed by atoms with Gasteiger partial charge in [0.25, 0.3) is 0 Å². The first-order chi connectivity index (χ1) is 4.88. The maximum absolute atomic E-state index is 5.88. The molecule has 0 spiro atoms. The number of rotatable bonds is 0. The Hall–Kier alpha value is -0.950. The van der Waals surface area contributed by atoms with Crippen LogP contribution in [0.3, 0.4) is 0 Å². The Labute approximate surface area is 63.6 Å². The highest BCUT2D eigenvalue weighted by Gasteiger charge is 1.95. The van der Waals surface area contributed by atoms with Crippen LogP contribution >= 0.6 is 11.6 Å². The molecule has 2 rings (SSSR count). The summed E-state index contributed by atoms with van der Waals surface area (Å²) in [5, 5.41) is 1.89. The Kier molecular flexibility index (Phi) is 1.18. The molecule has 1 aromatic heterocycles. The SMILES string of the molecule is Clc1cccc2[nH][14cH]cc12. The van der Waals surface area contributed by atoms with Crippen molar-refractivity contribution in [1.82, 2.24) is 4.98 Å². The van der Waals surface area contributed by atoms with Crippen LogP contribution < -0.4 is 0 Å². The molecular weight excluding hydrogens is 148 g/mol. The minimum Gasteiger partial charge on any atom is -0.361 e. The summed E-state index contributed by atoms with van der Waals surface area (Å²) in [7, 11) is 0. The minimum absolute atomic E-state index is 0.804. The first-order valence-corrected chi connectivity index (χ1v) is 3.47. The Morgan fingerprint density at radius 1 is 1.40 bits per heavy atom. The van der Waals surface area contributed by atoms with Gasteiger partial charge in [-0.15, -0.1) is 0 Å². The van der Waals surface area contributed by atoms with E-state index in [4.69, 9.17) is 11.6 Å². The van der Waals surface area contributed by atoms with Crippen LogP contribution in [0.25, 0.3) is 10.9 Å². The number of benzene rings is 1. The van der Waals surface area contributed by atoms with Crippen LogP contribution in [-0.2, 0) is 0 Å². The highest BCUT2D eigenvalue weighted by Crippen LogP contribution is 2.21. The molecule has 2 aromatic rings. The lowest BCUT2D eigenvalue weighted by molar-refractivity contribution is 1.48. The van der Waals surface area contributed by atoms with Crippen molar-refractivity contribution in [3.63, 3.8) is 0 Å². The van der Waals surface area contributed by atoms with Crippen molar-refractivity contribution in [3.8, 4) is 0 Å². The average molecular weight is 154 g/mol. The zero-order chi connectivity index (χ0) is 6.97. The molecule has 0 saturated carbocycles. The predicted octanol–water partition coefficient (Wildman–Crippen LogP) is 2.82. The number of hydrogen-bond donors (Lipinski definition) is 1. The second kappa shape index (κ2) is 2.03. The van der Waals surface area contributed by atoms with E-state index >= 15 is 0 Å². The second-order valence-electron chi connectivity index (χ2n) is 2.18. The zero-order valence-corrected chi connectivity index (χ0v) is 6.02. The van der Waals surface area contributed by atoms with Gasteiger partial charge in [-0.1, -0.05) is 17.7 Å². The number of hydrogen-bond acceptors (Lipinski definition) is 0. The molecule has 0 saturated heterocycles. The van der Waals surface area contributed by atoms with Gasteiger partial charge in [-0.25, -0.2) is 0 Å². The third-order valence-corrected chi connectivity index (χ3v) is 1.87. The zero-order valence-electron chi connectivity index (χ0n) is 5.26. The largest absolute Gasteiger partial charge is 0.361 e. The smallest absolute Gasteiger partial charge is 0.0499 e. The molecule has 0 radical (unpaired) electrons. The highest BCUT2D eigenvalue weighted by molar-refractivity contribution is 6.35. The molecule has 0 unspecified atom stereocenters. The number of fused-ring (bicyclic) bond motifs is 1. The summed E-state index contributed by atoms with van der Waals surface area (Å²) >= 11 is 5.88. The Morgan fingerprint density at radius 2 is 2.30 bits per heavy atom. The first kappa shape index (κ1) is 5.81. The van der Waals surface area contributed by atoms with Crippen molar-refractivity contribution in [2.75, 3.05) is 0 Å². The lowest BCUT2D eigenvalue weighted by Gasteiger charge is -1.89. The molecule has 0 bridgehead atoms. The molecule has 2 heteroatoms. The second-order valence-corrected chi connectivity index (χ2v) is 2.59. The van der Waals surface area contributed by atoms with Gasteiger partial charge in [-0.05, 0) is 18.2 Å². The van der Waals surface area contributed by atoms with E-state index in [-0.39, 0.29) is 0 Å². The van der Waals surface area contributed by atoms with E-state index in [0.717, 1.165) is 15.9 Å². The van der Waals surface area contributed by atoms with Crippen LogP contribution in [0.15, 0.2) is 30.5 Å². The number of aromatic nitrogens is 1. The molecule has 0 aliphatic carbocycles. The molecule has 0 amide bonds. The third kappa shape index (κ3) is 0.711. The summed E-state index contributed by atoms with van der Waals surface area (Å²) in [5.74, 6) is 0. The number of H-pyrrole nitrogens is 1. The van der Waals surface area contributed by atoms with Crippen molar-refractivity contribution in [3.05, 3.63) is 35.5 Å². The molecule has 1 N–H and O–H groups in total. The minimum atomic E-state index is 0.804. The van der Waals surface area contributed by atoms with E-state index in [2.05, 4.69) is 4.98 Å². The molecule has 1 nitrogen and oxygen atoms in total. The highest BCUT2D eigenvalue weighted by atomic mass is 35.5. The normalized spacial score (nSPS) is 10.5. The van der Waals surface area contributed by atoms with Gasteiger partial charge in [0.1, 0.15) is 0 Å². The molecule has 0 atom stereocenters. The van der Waals surface area contributed by atoms with Gasteiger partial charge in [-0.3, -0.25) is 0 Å². The van der Waals surface area contributed by atoms with Gasteiger partial charge in [0.15, 0.2) is 0 Å². The van der Waals surface area contributed by atoms with Crippen LogP contribution in [0, 0.1) is 0 Å². The fourth-order valence-electron chi connectivity index (χ4n) is 1.05. The number of halogens is 1. The van der Waals surface area contributed by atoms with Crippen LogP contribution in [0.1, 0.15) is 0 Å². The maximum atomic E-state index is 5.88. The molecule has 50 valence electrons. The summed E-state index contributed by atoms with van der Waals surface area (Å²) in [6.07, 6.45) is 1.89. The van der Waals surface area contributed by atoms with Gasteiger partial charge in [0.2, 0.25) is 0 Å². The molecule has 0 aliphatic heterocycles. The van der Waals surface area contributed by atoms with E-state index < -0.39 is 0 Å². The molecule has 1 heterocycles. The Bertz CT molecular complexity index is 351. The number of aromatic amines is 1. The van der Waals surface area contributed by atoms with Crippen molar-refractivity contribution in [2.45, 2.75) is 0 Å². The van der Waals surface area contributed by atoms with Crippen LogP contribution in [-0.4, -0.2) is 4.98 Å². The van der Waals surface area contributed by atoms with Gasteiger partial charge in [0.05, 0.1) is 0 Å². The van der Waals surface area contributed by atoms with Crippen molar-refractivity contribution in [1.29, 1.82) is 0 Å². The van der Waals surface area contributed by atoms with Crippen molar-refractivity contribution < 1.29 is 0 Å². The summed E-state index contributed by atoms with van der Waals surface area (Å²) in [5.41, 5.74) is 1.09. The van der Waals surface area contributed by atoms with Crippen LogP contribution in [0.4, 0.5) is 0 Å². The van der Waals surface area contributed by atoms with Gasteiger partial charge < -0.3 is 4.98 Å². The number of nitrogens with one attached hydrogen (secondary N) is 1. The Balaban J connectivity index is 2.95.